The maximum absolute atomic E-state index is 12.0. The number of ketones is 1. The molecule has 0 radical (unpaired) electrons. The highest BCUT2D eigenvalue weighted by atomic mass is 16.1. The summed E-state index contributed by atoms with van der Waals surface area (Å²) in [6.07, 6.45) is 2.30. The molecule has 1 rings (SSSR count). The number of unbranched alkanes of at least 4 members (excludes halogenated alkanes) is 1. The van der Waals surface area contributed by atoms with Crippen LogP contribution in [0.4, 0.5) is 5.69 Å². The monoisotopic (exact) mass is 234 g/mol. The molecule has 3 heteroatoms. The lowest BCUT2D eigenvalue weighted by Gasteiger charge is -2.19. The van der Waals surface area contributed by atoms with Gasteiger partial charge in [-0.2, -0.15) is 0 Å². The van der Waals surface area contributed by atoms with Crippen molar-refractivity contribution in [2.75, 3.05) is 25.4 Å². The highest BCUT2D eigenvalue weighted by molar-refractivity contribution is 5.97. The minimum atomic E-state index is 0.169. The number of carbonyl (C=O) groups is 1. The predicted octanol–water partition coefficient (Wildman–Crippen LogP) is 2.57. The largest absolute Gasteiger partial charge is 0.399 e. The summed E-state index contributed by atoms with van der Waals surface area (Å²) >= 11 is 0. The molecule has 0 atom stereocenters. The average Bonchev–Trinajstić information content (AvgIpc) is 2.35. The zero-order valence-corrected chi connectivity index (χ0v) is 10.8. The van der Waals surface area contributed by atoms with E-state index in [2.05, 4.69) is 18.7 Å². The van der Waals surface area contributed by atoms with E-state index in [1.807, 2.05) is 0 Å². The van der Waals surface area contributed by atoms with Crippen molar-refractivity contribution in [1.29, 1.82) is 0 Å². The summed E-state index contributed by atoms with van der Waals surface area (Å²) in [5, 5.41) is 0. The second-order valence-electron chi connectivity index (χ2n) is 4.27. The molecular weight excluding hydrogens is 212 g/mol. The van der Waals surface area contributed by atoms with Gasteiger partial charge in [0.2, 0.25) is 0 Å². The Kier molecular flexibility index (Phi) is 5.70. The molecule has 3 nitrogen and oxygen atoms in total. The number of nitrogens with two attached hydrogens (primary N) is 1. The van der Waals surface area contributed by atoms with Crippen LogP contribution in [0, 0.1) is 0 Å². The molecule has 0 aromatic heterocycles. The van der Waals surface area contributed by atoms with Crippen LogP contribution in [0.1, 0.15) is 37.0 Å². The highest BCUT2D eigenvalue weighted by Gasteiger charge is 2.10. The van der Waals surface area contributed by atoms with E-state index in [9.17, 15) is 4.79 Å². The molecule has 0 saturated heterocycles. The third kappa shape index (κ3) is 4.57. The van der Waals surface area contributed by atoms with E-state index in [1.54, 1.807) is 24.3 Å². The first-order valence-corrected chi connectivity index (χ1v) is 6.28. The van der Waals surface area contributed by atoms with Crippen molar-refractivity contribution in [3.63, 3.8) is 0 Å². The van der Waals surface area contributed by atoms with Crippen LogP contribution < -0.4 is 5.73 Å². The van der Waals surface area contributed by atoms with Crippen LogP contribution in [0.25, 0.3) is 0 Å². The molecule has 94 valence electrons. The Balaban J connectivity index is 2.54. The Labute approximate surface area is 104 Å². The standard InChI is InChI=1S/C14H22N2O/c1-3-5-10-16(4-2)11-14(17)12-6-8-13(15)9-7-12/h6-9H,3-5,10-11,15H2,1-2H3. The molecule has 0 saturated carbocycles. The van der Waals surface area contributed by atoms with E-state index in [0.29, 0.717) is 12.2 Å². The van der Waals surface area contributed by atoms with E-state index < -0.39 is 0 Å². The van der Waals surface area contributed by atoms with Gasteiger partial charge in [0.05, 0.1) is 6.54 Å². The van der Waals surface area contributed by atoms with Gasteiger partial charge in [0.25, 0.3) is 0 Å². The van der Waals surface area contributed by atoms with Gasteiger partial charge in [0.15, 0.2) is 5.78 Å². The summed E-state index contributed by atoms with van der Waals surface area (Å²) in [5.41, 5.74) is 7.04. The lowest BCUT2D eigenvalue weighted by molar-refractivity contribution is 0.0933. The zero-order valence-electron chi connectivity index (χ0n) is 10.8. The van der Waals surface area contributed by atoms with Crippen LogP contribution in [0.15, 0.2) is 24.3 Å². The summed E-state index contributed by atoms with van der Waals surface area (Å²) < 4.78 is 0. The summed E-state index contributed by atoms with van der Waals surface area (Å²) in [7, 11) is 0. The number of Topliss-reactive ketones (excluding diaryl/α,β-unsaturated/α-hetero) is 1. The summed E-state index contributed by atoms with van der Waals surface area (Å²) in [6.45, 7) is 6.66. The number of rotatable bonds is 7. The molecule has 0 aliphatic rings. The van der Waals surface area contributed by atoms with Crippen LogP contribution >= 0.6 is 0 Å². The van der Waals surface area contributed by atoms with Crippen molar-refractivity contribution in [3.05, 3.63) is 29.8 Å². The Morgan fingerprint density at radius 2 is 1.88 bits per heavy atom. The highest BCUT2D eigenvalue weighted by Crippen LogP contribution is 2.07. The summed E-state index contributed by atoms with van der Waals surface area (Å²) in [4.78, 5) is 14.2. The third-order valence-corrected chi connectivity index (χ3v) is 2.87. The number of anilines is 1. The second-order valence-corrected chi connectivity index (χ2v) is 4.27. The van der Waals surface area contributed by atoms with Gasteiger partial charge in [0, 0.05) is 11.3 Å². The molecule has 0 aliphatic heterocycles. The van der Waals surface area contributed by atoms with Gasteiger partial charge in [-0.3, -0.25) is 9.69 Å². The molecule has 0 amide bonds. The van der Waals surface area contributed by atoms with Gasteiger partial charge in [-0.05, 0) is 43.8 Å². The van der Waals surface area contributed by atoms with E-state index in [-0.39, 0.29) is 5.78 Å². The number of carbonyl (C=O) groups excluding carboxylic acids is 1. The maximum atomic E-state index is 12.0. The van der Waals surface area contributed by atoms with Gasteiger partial charge in [0.1, 0.15) is 0 Å². The minimum absolute atomic E-state index is 0.169. The number of nitrogen functional groups attached to an aromatic ring is 1. The topological polar surface area (TPSA) is 46.3 Å². The number of hydrogen-bond acceptors (Lipinski definition) is 3. The Morgan fingerprint density at radius 3 is 2.41 bits per heavy atom. The first-order valence-electron chi connectivity index (χ1n) is 6.28. The number of likely N-dealkylation sites (N-methyl/N-ethyl adjacent to an activating group) is 1. The van der Waals surface area contributed by atoms with Crippen LogP contribution in [-0.2, 0) is 0 Å². The van der Waals surface area contributed by atoms with Gasteiger partial charge in [-0.15, -0.1) is 0 Å². The molecule has 0 fully saturated rings. The Morgan fingerprint density at radius 1 is 1.24 bits per heavy atom. The molecule has 0 spiro atoms. The third-order valence-electron chi connectivity index (χ3n) is 2.87. The van der Waals surface area contributed by atoms with Crippen molar-refractivity contribution in [1.82, 2.24) is 4.90 Å². The molecule has 0 aliphatic carbocycles. The van der Waals surface area contributed by atoms with Crippen molar-refractivity contribution < 1.29 is 4.79 Å². The van der Waals surface area contributed by atoms with Crippen LogP contribution in [0.5, 0.6) is 0 Å². The number of hydrogen-bond donors (Lipinski definition) is 1. The number of benzene rings is 1. The van der Waals surface area contributed by atoms with Crippen molar-refractivity contribution in [3.8, 4) is 0 Å². The summed E-state index contributed by atoms with van der Waals surface area (Å²) in [6, 6.07) is 7.14. The molecule has 0 heterocycles. The Bertz CT molecular complexity index is 346. The molecule has 1 aromatic carbocycles. The fourth-order valence-corrected chi connectivity index (χ4v) is 1.69. The molecule has 0 bridgehead atoms. The van der Waals surface area contributed by atoms with E-state index in [1.165, 1.54) is 0 Å². The summed E-state index contributed by atoms with van der Waals surface area (Å²) in [5.74, 6) is 0.169. The van der Waals surface area contributed by atoms with Crippen LogP contribution in [0.3, 0.4) is 0 Å². The SMILES string of the molecule is CCCCN(CC)CC(=O)c1ccc(N)cc1. The molecular formula is C14H22N2O. The first-order chi connectivity index (χ1) is 8.17. The van der Waals surface area contributed by atoms with Crippen molar-refractivity contribution >= 4 is 11.5 Å². The normalized spacial score (nSPS) is 10.8. The van der Waals surface area contributed by atoms with E-state index >= 15 is 0 Å². The fraction of sp³-hybridized carbons (Fsp3) is 0.500. The van der Waals surface area contributed by atoms with Gasteiger partial charge in [-0.25, -0.2) is 0 Å². The first kappa shape index (κ1) is 13.7. The average molecular weight is 234 g/mol. The lowest BCUT2D eigenvalue weighted by Crippen LogP contribution is -2.30. The minimum Gasteiger partial charge on any atom is -0.399 e. The maximum Gasteiger partial charge on any atom is 0.176 e. The van der Waals surface area contributed by atoms with Crippen molar-refractivity contribution in [2.24, 2.45) is 0 Å². The van der Waals surface area contributed by atoms with Crippen LogP contribution in [-0.4, -0.2) is 30.3 Å². The lowest BCUT2D eigenvalue weighted by atomic mass is 10.1. The molecule has 2 N–H and O–H groups in total. The van der Waals surface area contributed by atoms with E-state index in [4.69, 9.17) is 5.73 Å². The fourth-order valence-electron chi connectivity index (χ4n) is 1.69. The van der Waals surface area contributed by atoms with Crippen molar-refractivity contribution in [2.45, 2.75) is 26.7 Å². The predicted molar refractivity (Wildman–Crippen MR) is 72.2 cm³/mol. The van der Waals surface area contributed by atoms with E-state index in [0.717, 1.165) is 31.5 Å². The quantitative estimate of drug-likeness (QED) is 0.582. The zero-order chi connectivity index (χ0) is 12.7. The smallest absolute Gasteiger partial charge is 0.176 e. The van der Waals surface area contributed by atoms with Gasteiger partial charge in [-0.1, -0.05) is 20.3 Å². The number of nitrogens with zero attached hydrogens (tertiary/aromatic N) is 1. The van der Waals surface area contributed by atoms with Gasteiger partial charge >= 0.3 is 0 Å². The second kappa shape index (κ2) is 7.07. The molecule has 17 heavy (non-hydrogen) atoms. The molecule has 0 unspecified atom stereocenters. The Hall–Kier alpha value is -1.35. The van der Waals surface area contributed by atoms with Crippen LogP contribution in [0.2, 0.25) is 0 Å². The van der Waals surface area contributed by atoms with Gasteiger partial charge < -0.3 is 5.73 Å². The molecule has 1 aromatic rings.